The Labute approximate surface area is 197 Å². The molecule has 0 radical (unpaired) electrons. The van der Waals surface area contributed by atoms with Crippen molar-refractivity contribution in [3.63, 3.8) is 0 Å². The number of fused-ring (bicyclic) bond motifs is 1. The smallest absolute Gasteiger partial charge is 0.352 e. The first kappa shape index (κ1) is 24.9. The van der Waals surface area contributed by atoms with Crippen LogP contribution in [0.15, 0.2) is 30.6 Å². The van der Waals surface area contributed by atoms with Gasteiger partial charge in [0.05, 0.1) is 23.3 Å². The molecule has 1 aliphatic rings. The summed E-state index contributed by atoms with van der Waals surface area (Å²) in [7, 11) is -3.89. The maximum atomic E-state index is 13.2. The maximum absolute atomic E-state index is 13.2. The molecule has 0 amide bonds. The van der Waals surface area contributed by atoms with Crippen molar-refractivity contribution in [3.8, 4) is 0 Å². The van der Waals surface area contributed by atoms with E-state index in [4.69, 9.17) is 21.2 Å². The molecule has 0 aromatic carbocycles. The van der Waals surface area contributed by atoms with E-state index in [0.29, 0.717) is 22.5 Å². The molecule has 1 saturated heterocycles. The molecule has 1 fully saturated rings. The van der Waals surface area contributed by atoms with E-state index < -0.39 is 44.6 Å². The lowest BCUT2D eigenvalue weighted by atomic mass is 10.1. The molecule has 4 rings (SSSR count). The number of aliphatic hydroxyl groups excluding tert-OH is 2. The van der Waals surface area contributed by atoms with Crippen LogP contribution < -0.4 is 5.32 Å². The van der Waals surface area contributed by atoms with Gasteiger partial charge in [-0.1, -0.05) is 0 Å². The van der Waals surface area contributed by atoms with Crippen molar-refractivity contribution in [3.05, 3.63) is 47.4 Å². The molecule has 4 heterocycles. The molecule has 0 spiro atoms. The zero-order chi connectivity index (χ0) is 24.6. The van der Waals surface area contributed by atoms with E-state index in [1.165, 1.54) is 10.6 Å². The van der Waals surface area contributed by atoms with Crippen LogP contribution in [0.4, 0.5) is 10.2 Å². The third-order valence-corrected chi connectivity index (χ3v) is 5.68. The van der Waals surface area contributed by atoms with Crippen LogP contribution in [0.3, 0.4) is 0 Å². The van der Waals surface area contributed by atoms with Gasteiger partial charge in [-0.25, -0.2) is 14.3 Å². The highest BCUT2D eigenvalue weighted by Crippen LogP contribution is 2.38. The Kier molecular flexibility index (Phi) is 7.17. The van der Waals surface area contributed by atoms with Crippen molar-refractivity contribution < 1.29 is 38.4 Å². The predicted octanol–water partition coefficient (Wildman–Crippen LogP) is 2.17. The van der Waals surface area contributed by atoms with Gasteiger partial charge in [0.15, 0.2) is 6.23 Å². The number of hydrogen-bond acceptors (Lipinski definition) is 10. The minimum atomic E-state index is -3.89. The first-order chi connectivity index (χ1) is 16.0. The Balaban J connectivity index is 1.56. The lowest BCUT2D eigenvalue weighted by Crippen LogP contribution is -2.33. The number of ether oxygens (including phenoxy) is 1. The lowest BCUT2D eigenvalue weighted by Gasteiger charge is -2.18. The zero-order valence-corrected chi connectivity index (χ0v) is 19.6. The fraction of sp³-hybridized carbons (Fsp3) is 0.421. The summed E-state index contributed by atoms with van der Waals surface area (Å²) in [5.74, 6) is -0.0801. The van der Waals surface area contributed by atoms with Gasteiger partial charge >= 0.3 is 7.60 Å². The standard InChI is InChI=1S/C19H22ClFN5O7P/c1-9(12-4-3-10(21)7-22-12)23-16-11-5-6-26(17(11)25-19(20)24-16)18-15(28)14(27)13(32-18)8-31-33-34(2,29)30/h3-7,9,13-15,18,27-28H,8H2,1-2H3,(H,29,30)(H,23,24,25)/t9?,13-,14-,15-,18-/m1/s1. The fourth-order valence-corrected chi connectivity index (χ4v) is 3.96. The highest BCUT2D eigenvalue weighted by atomic mass is 35.5. The quantitative estimate of drug-likeness (QED) is 0.150. The van der Waals surface area contributed by atoms with Gasteiger partial charge in [0.1, 0.15) is 42.2 Å². The molecule has 0 saturated carbocycles. The minimum Gasteiger partial charge on any atom is -0.387 e. The summed E-state index contributed by atoms with van der Waals surface area (Å²) >= 11 is 6.13. The summed E-state index contributed by atoms with van der Waals surface area (Å²) in [5.41, 5.74) is 0.884. The molecule has 0 bridgehead atoms. The summed E-state index contributed by atoms with van der Waals surface area (Å²) < 4.78 is 35.9. The molecule has 12 nitrogen and oxygen atoms in total. The van der Waals surface area contributed by atoms with E-state index in [0.717, 1.165) is 12.9 Å². The molecule has 15 heteroatoms. The van der Waals surface area contributed by atoms with Gasteiger partial charge in [0, 0.05) is 12.9 Å². The zero-order valence-electron chi connectivity index (χ0n) is 17.9. The van der Waals surface area contributed by atoms with Gasteiger partial charge in [0.2, 0.25) is 5.28 Å². The number of aromatic nitrogens is 4. The van der Waals surface area contributed by atoms with Gasteiger partial charge in [-0.2, -0.15) is 4.98 Å². The van der Waals surface area contributed by atoms with Crippen LogP contribution in [0.25, 0.3) is 11.0 Å². The summed E-state index contributed by atoms with van der Waals surface area (Å²) in [5, 5.41) is 24.5. The molecule has 34 heavy (non-hydrogen) atoms. The van der Waals surface area contributed by atoms with Gasteiger partial charge in [-0.05, 0) is 36.7 Å². The molecule has 184 valence electrons. The van der Waals surface area contributed by atoms with Crippen LogP contribution in [0, 0.1) is 5.82 Å². The molecule has 3 aromatic rings. The molecule has 6 atom stereocenters. The number of nitrogens with one attached hydrogen (secondary N) is 1. The van der Waals surface area contributed by atoms with Crippen LogP contribution in [0.5, 0.6) is 0 Å². The molecule has 3 aromatic heterocycles. The van der Waals surface area contributed by atoms with Crippen molar-refractivity contribution in [1.29, 1.82) is 0 Å². The van der Waals surface area contributed by atoms with Crippen LogP contribution in [0.2, 0.25) is 5.28 Å². The summed E-state index contributed by atoms with van der Waals surface area (Å²) in [6.45, 7) is 2.34. The number of anilines is 1. The van der Waals surface area contributed by atoms with Crippen LogP contribution in [-0.4, -0.2) is 66.2 Å². The minimum absolute atomic E-state index is 0.0859. The van der Waals surface area contributed by atoms with Crippen molar-refractivity contribution in [2.45, 2.75) is 37.5 Å². The van der Waals surface area contributed by atoms with Crippen molar-refractivity contribution >= 4 is 36.0 Å². The molecule has 1 aliphatic heterocycles. The maximum Gasteiger partial charge on any atom is 0.352 e. The second kappa shape index (κ2) is 9.80. The molecule has 4 N–H and O–H groups in total. The number of rotatable bonds is 8. The first-order valence-electron chi connectivity index (χ1n) is 10.1. The van der Waals surface area contributed by atoms with E-state index in [1.807, 2.05) is 6.92 Å². The SMILES string of the molecule is CC(Nc1nc(Cl)nc2c1ccn2[C@@H]1O[C@H](COOP(C)(=O)O)[C@@H](O)[C@H]1O)c1ccc(F)cn1. The Morgan fingerprint density at radius 3 is 2.76 bits per heavy atom. The van der Waals surface area contributed by atoms with Gasteiger partial charge < -0.3 is 29.7 Å². The summed E-state index contributed by atoms with van der Waals surface area (Å²) in [4.78, 5) is 26.3. The third-order valence-electron chi connectivity index (χ3n) is 5.13. The second-order valence-electron chi connectivity index (χ2n) is 7.78. The molecular weight excluding hydrogens is 496 g/mol. The fourth-order valence-electron chi connectivity index (χ4n) is 3.54. The average Bonchev–Trinajstić information content (AvgIpc) is 3.29. The Morgan fingerprint density at radius 2 is 2.09 bits per heavy atom. The Hall–Kier alpha value is -2.22. The number of nitrogens with zero attached hydrogens (tertiary/aromatic N) is 4. The normalized spacial score (nSPS) is 25.4. The third kappa shape index (κ3) is 5.37. The Morgan fingerprint density at radius 1 is 1.32 bits per heavy atom. The van der Waals surface area contributed by atoms with Crippen molar-refractivity contribution in [2.75, 3.05) is 18.6 Å². The van der Waals surface area contributed by atoms with Gasteiger partial charge in [-0.15, -0.1) is 4.67 Å². The first-order valence-corrected chi connectivity index (χ1v) is 12.5. The summed E-state index contributed by atoms with van der Waals surface area (Å²) in [6.07, 6.45) is -2.18. The number of hydrogen-bond donors (Lipinski definition) is 4. The number of halogens is 2. The number of pyridine rings is 1. The molecular formula is C19H22ClFN5O7P. The van der Waals surface area contributed by atoms with E-state index in [9.17, 15) is 19.2 Å². The van der Waals surface area contributed by atoms with E-state index >= 15 is 0 Å². The lowest BCUT2D eigenvalue weighted by molar-refractivity contribution is -0.238. The topological polar surface area (TPSA) is 161 Å². The highest BCUT2D eigenvalue weighted by molar-refractivity contribution is 7.51. The largest absolute Gasteiger partial charge is 0.387 e. The van der Waals surface area contributed by atoms with Crippen LogP contribution >= 0.6 is 19.2 Å². The second-order valence-corrected chi connectivity index (χ2v) is 9.87. The van der Waals surface area contributed by atoms with Gasteiger partial charge in [-0.3, -0.25) is 9.55 Å². The highest BCUT2D eigenvalue weighted by Gasteiger charge is 2.44. The van der Waals surface area contributed by atoms with E-state index in [-0.39, 0.29) is 11.3 Å². The Bertz CT molecular complexity index is 1210. The molecule has 2 unspecified atom stereocenters. The van der Waals surface area contributed by atoms with E-state index in [2.05, 4.69) is 29.8 Å². The monoisotopic (exact) mass is 517 g/mol. The predicted molar refractivity (Wildman–Crippen MR) is 117 cm³/mol. The number of aliphatic hydroxyl groups is 2. The van der Waals surface area contributed by atoms with Crippen LogP contribution in [-0.2, 0) is 18.9 Å². The molecule has 0 aliphatic carbocycles. The van der Waals surface area contributed by atoms with Crippen molar-refractivity contribution in [1.82, 2.24) is 19.5 Å². The van der Waals surface area contributed by atoms with Crippen LogP contribution in [0.1, 0.15) is 24.9 Å². The van der Waals surface area contributed by atoms with E-state index in [1.54, 1.807) is 18.3 Å². The van der Waals surface area contributed by atoms with Crippen molar-refractivity contribution in [2.24, 2.45) is 0 Å². The summed E-state index contributed by atoms with van der Waals surface area (Å²) in [6, 6.07) is 4.17. The average molecular weight is 518 g/mol. The van der Waals surface area contributed by atoms with Gasteiger partial charge in [0.25, 0.3) is 0 Å².